The monoisotopic (exact) mass is 398 g/mol. The van der Waals surface area contributed by atoms with Crippen molar-refractivity contribution in [3.05, 3.63) is 42.2 Å². The molecule has 0 saturated heterocycles. The van der Waals surface area contributed by atoms with Gasteiger partial charge in [-0.1, -0.05) is 11.3 Å². The Balaban J connectivity index is 1.56. The molecule has 0 fully saturated rings. The van der Waals surface area contributed by atoms with Crippen LogP contribution in [-0.4, -0.2) is 39.3 Å². The van der Waals surface area contributed by atoms with Crippen LogP contribution >= 0.6 is 11.3 Å². The molecule has 0 radical (unpaired) electrons. The van der Waals surface area contributed by atoms with Crippen LogP contribution in [0, 0.1) is 0 Å². The number of aromatic nitrogens is 4. The number of carbonyl (C=O) groups excluding carboxylic acids is 1. The number of furan rings is 1. The zero-order valence-corrected chi connectivity index (χ0v) is 15.9. The van der Waals surface area contributed by atoms with Crippen LogP contribution in [0.25, 0.3) is 21.8 Å². The number of fused-ring (bicyclic) bond motifs is 1. The molecule has 3 heterocycles. The summed E-state index contributed by atoms with van der Waals surface area (Å²) in [6.45, 7) is 1.27. The van der Waals surface area contributed by atoms with Crippen molar-refractivity contribution in [2.75, 3.05) is 19.0 Å². The number of anilines is 1. The van der Waals surface area contributed by atoms with Crippen molar-refractivity contribution < 1.29 is 13.9 Å². The molecule has 0 aliphatic rings. The van der Waals surface area contributed by atoms with Gasteiger partial charge in [0.2, 0.25) is 5.13 Å². The van der Waals surface area contributed by atoms with E-state index in [0.29, 0.717) is 46.1 Å². The van der Waals surface area contributed by atoms with Crippen molar-refractivity contribution in [3.63, 3.8) is 0 Å². The van der Waals surface area contributed by atoms with Crippen molar-refractivity contribution in [2.45, 2.75) is 13.0 Å². The second-order valence-corrected chi connectivity index (χ2v) is 6.92. The van der Waals surface area contributed by atoms with Crippen LogP contribution in [-0.2, 0) is 6.54 Å². The standard InChI is InChI=1S/C18H18N6O3S/c1-26-18-20-12-10-11(5-6-13(12)24(18)8-3-7-19)15(25)21-17-23-22-16(28-17)14-4-2-9-27-14/h2,4-6,9-10H,3,7-8,19H2,1H3,(H,21,23,25). The van der Waals surface area contributed by atoms with E-state index in [9.17, 15) is 4.79 Å². The first-order valence-corrected chi connectivity index (χ1v) is 9.44. The molecule has 0 saturated carbocycles. The number of nitrogens with two attached hydrogens (primary N) is 1. The molecule has 0 spiro atoms. The highest BCUT2D eigenvalue weighted by molar-refractivity contribution is 7.18. The van der Waals surface area contributed by atoms with Crippen LogP contribution in [0.2, 0.25) is 0 Å². The summed E-state index contributed by atoms with van der Waals surface area (Å²) in [5.74, 6) is 0.314. The minimum atomic E-state index is -0.292. The number of nitrogens with one attached hydrogen (secondary N) is 1. The molecular formula is C18H18N6O3S. The van der Waals surface area contributed by atoms with Crippen molar-refractivity contribution >= 4 is 33.4 Å². The van der Waals surface area contributed by atoms with E-state index in [1.807, 2.05) is 10.6 Å². The van der Waals surface area contributed by atoms with Gasteiger partial charge < -0.3 is 14.9 Å². The molecule has 0 aliphatic carbocycles. The van der Waals surface area contributed by atoms with E-state index in [4.69, 9.17) is 14.9 Å². The summed E-state index contributed by atoms with van der Waals surface area (Å²) < 4.78 is 12.6. The number of rotatable bonds is 7. The van der Waals surface area contributed by atoms with E-state index in [1.54, 1.807) is 37.6 Å². The molecule has 0 aliphatic heterocycles. The number of hydrogen-bond donors (Lipinski definition) is 2. The second kappa shape index (κ2) is 7.79. The van der Waals surface area contributed by atoms with Gasteiger partial charge in [-0.2, -0.15) is 4.98 Å². The second-order valence-electron chi connectivity index (χ2n) is 5.94. The molecule has 28 heavy (non-hydrogen) atoms. The first-order chi connectivity index (χ1) is 13.7. The van der Waals surface area contributed by atoms with E-state index in [0.717, 1.165) is 11.9 Å². The first-order valence-electron chi connectivity index (χ1n) is 8.62. The van der Waals surface area contributed by atoms with Crippen molar-refractivity contribution in [2.24, 2.45) is 5.73 Å². The van der Waals surface area contributed by atoms with Crippen molar-refractivity contribution in [1.29, 1.82) is 0 Å². The third kappa shape index (κ3) is 3.47. The zero-order chi connectivity index (χ0) is 19.5. The molecule has 10 heteroatoms. The van der Waals surface area contributed by atoms with E-state index in [1.165, 1.54) is 11.3 Å². The summed E-state index contributed by atoms with van der Waals surface area (Å²) in [5.41, 5.74) is 7.64. The topological polar surface area (TPSA) is 121 Å². The molecule has 0 unspecified atom stereocenters. The Labute approximate surface area is 164 Å². The molecular weight excluding hydrogens is 380 g/mol. The van der Waals surface area contributed by atoms with Crippen molar-refractivity contribution in [1.82, 2.24) is 19.7 Å². The van der Waals surface area contributed by atoms with Gasteiger partial charge in [0.15, 0.2) is 10.8 Å². The SMILES string of the molecule is COc1nc2cc(C(=O)Nc3nnc(-c4ccco4)s3)ccc2n1CCCN. The van der Waals surface area contributed by atoms with Crippen LogP contribution < -0.4 is 15.8 Å². The fourth-order valence-electron chi connectivity index (χ4n) is 2.81. The Morgan fingerprint density at radius 1 is 1.36 bits per heavy atom. The summed E-state index contributed by atoms with van der Waals surface area (Å²) >= 11 is 1.24. The first kappa shape index (κ1) is 18.1. The molecule has 144 valence electrons. The predicted molar refractivity (Wildman–Crippen MR) is 106 cm³/mol. The van der Waals surface area contributed by atoms with Gasteiger partial charge in [-0.3, -0.25) is 14.7 Å². The van der Waals surface area contributed by atoms with Crippen LogP contribution in [0.5, 0.6) is 6.01 Å². The minimum Gasteiger partial charge on any atom is -0.468 e. The van der Waals surface area contributed by atoms with Gasteiger partial charge in [0, 0.05) is 12.1 Å². The highest BCUT2D eigenvalue weighted by atomic mass is 32.1. The maximum atomic E-state index is 12.6. The number of nitrogens with zero attached hydrogens (tertiary/aromatic N) is 4. The molecule has 0 bridgehead atoms. The summed E-state index contributed by atoms with van der Waals surface area (Å²) in [4.78, 5) is 17.1. The number of benzene rings is 1. The zero-order valence-electron chi connectivity index (χ0n) is 15.1. The molecule has 1 amide bonds. The summed E-state index contributed by atoms with van der Waals surface area (Å²) in [7, 11) is 1.57. The van der Waals surface area contributed by atoms with E-state index >= 15 is 0 Å². The normalized spacial score (nSPS) is 11.1. The Morgan fingerprint density at radius 2 is 2.25 bits per heavy atom. The highest BCUT2D eigenvalue weighted by Gasteiger charge is 2.16. The smallest absolute Gasteiger partial charge is 0.297 e. The maximum absolute atomic E-state index is 12.6. The average molecular weight is 398 g/mol. The molecule has 4 rings (SSSR count). The van der Waals surface area contributed by atoms with Gasteiger partial charge in [0.05, 0.1) is 24.4 Å². The van der Waals surface area contributed by atoms with Gasteiger partial charge in [0.1, 0.15) is 0 Å². The van der Waals surface area contributed by atoms with Crippen LogP contribution in [0.15, 0.2) is 41.0 Å². The number of ether oxygens (including phenoxy) is 1. The van der Waals surface area contributed by atoms with Gasteiger partial charge in [-0.05, 0) is 43.3 Å². The molecule has 0 atom stereocenters. The van der Waals surface area contributed by atoms with Crippen LogP contribution in [0.1, 0.15) is 16.8 Å². The Kier molecular flexibility index (Phi) is 5.04. The van der Waals surface area contributed by atoms with E-state index in [-0.39, 0.29) is 5.91 Å². The molecule has 4 aromatic rings. The number of methoxy groups -OCH3 is 1. The fourth-order valence-corrected chi connectivity index (χ4v) is 3.52. The minimum absolute atomic E-state index is 0.292. The number of aryl methyl sites for hydroxylation is 1. The Morgan fingerprint density at radius 3 is 3.00 bits per heavy atom. The lowest BCUT2D eigenvalue weighted by Crippen LogP contribution is -2.11. The molecule has 3 aromatic heterocycles. The van der Waals surface area contributed by atoms with E-state index in [2.05, 4.69) is 20.5 Å². The average Bonchev–Trinajstić information content (AvgIpc) is 3.44. The van der Waals surface area contributed by atoms with Crippen LogP contribution in [0.3, 0.4) is 0 Å². The van der Waals surface area contributed by atoms with Crippen molar-refractivity contribution in [3.8, 4) is 16.8 Å². The number of imidazole rings is 1. The maximum Gasteiger partial charge on any atom is 0.297 e. The Bertz CT molecular complexity index is 1100. The quantitative estimate of drug-likeness (QED) is 0.491. The lowest BCUT2D eigenvalue weighted by atomic mass is 10.2. The van der Waals surface area contributed by atoms with Gasteiger partial charge in [-0.15, -0.1) is 10.2 Å². The summed E-state index contributed by atoms with van der Waals surface area (Å²) in [6.07, 6.45) is 2.37. The lowest BCUT2D eigenvalue weighted by Gasteiger charge is -2.06. The summed E-state index contributed by atoms with van der Waals surface area (Å²) in [5, 5.41) is 11.8. The highest BCUT2D eigenvalue weighted by Crippen LogP contribution is 2.27. The third-order valence-electron chi connectivity index (χ3n) is 4.12. The molecule has 1 aromatic carbocycles. The third-order valence-corrected chi connectivity index (χ3v) is 4.97. The Hall–Kier alpha value is -3.24. The lowest BCUT2D eigenvalue weighted by molar-refractivity contribution is 0.102. The number of amides is 1. The largest absolute Gasteiger partial charge is 0.468 e. The van der Waals surface area contributed by atoms with Gasteiger partial charge in [0.25, 0.3) is 11.9 Å². The van der Waals surface area contributed by atoms with Gasteiger partial charge >= 0.3 is 0 Å². The van der Waals surface area contributed by atoms with E-state index < -0.39 is 0 Å². The number of carbonyl (C=O) groups is 1. The molecule has 9 nitrogen and oxygen atoms in total. The number of hydrogen-bond acceptors (Lipinski definition) is 8. The van der Waals surface area contributed by atoms with Crippen LogP contribution in [0.4, 0.5) is 5.13 Å². The predicted octanol–water partition coefficient (Wildman–Crippen LogP) is 2.76. The fraction of sp³-hybridized carbons (Fsp3) is 0.222. The summed E-state index contributed by atoms with van der Waals surface area (Å²) in [6, 6.07) is 9.37. The molecule has 3 N–H and O–H groups in total. The van der Waals surface area contributed by atoms with Gasteiger partial charge in [-0.25, -0.2) is 0 Å².